The van der Waals surface area contributed by atoms with E-state index >= 15 is 0 Å². The maximum absolute atomic E-state index is 10.6. The Kier molecular flexibility index (Phi) is 6.79. The Morgan fingerprint density at radius 2 is 1.97 bits per heavy atom. The minimum absolute atomic E-state index is 0.214. The van der Waals surface area contributed by atoms with E-state index in [9.17, 15) is 5.11 Å². The van der Waals surface area contributed by atoms with Crippen molar-refractivity contribution in [2.45, 2.75) is 31.8 Å². The Labute approximate surface area is 207 Å². The highest BCUT2D eigenvalue weighted by Crippen LogP contribution is 2.33. The molecule has 0 bridgehead atoms. The van der Waals surface area contributed by atoms with Crippen LogP contribution in [0.25, 0.3) is 22.5 Å². The van der Waals surface area contributed by atoms with Crippen LogP contribution in [0.2, 0.25) is 10.0 Å². The van der Waals surface area contributed by atoms with Crippen molar-refractivity contribution in [2.24, 2.45) is 0 Å². The summed E-state index contributed by atoms with van der Waals surface area (Å²) < 4.78 is 11.5. The van der Waals surface area contributed by atoms with Crippen LogP contribution in [0.3, 0.4) is 0 Å². The maximum Gasteiger partial charge on any atom is 0.264 e. The lowest BCUT2D eigenvalue weighted by Gasteiger charge is -2.33. The van der Waals surface area contributed by atoms with Crippen molar-refractivity contribution < 1.29 is 14.3 Å². The second kappa shape index (κ2) is 9.96. The van der Waals surface area contributed by atoms with Gasteiger partial charge in [0.25, 0.3) is 5.89 Å². The number of ether oxygens (including phenoxy) is 1. The summed E-state index contributed by atoms with van der Waals surface area (Å²) in [6.45, 7) is 4.38. The second-order valence-corrected chi connectivity index (χ2v) is 9.55. The number of fused-ring (bicyclic) bond motifs is 1. The van der Waals surface area contributed by atoms with Crippen LogP contribution < -0.4 is 4.74 Å². The minimum Gasteiger partial charge on any atom is -0.490 e. The zero-order valence-corrected chi connectivity index (χ0v) is 20.3. The Morgan fingerprint density at radius 1 is 1.15 bits per heavy atom. The van der Waals surface area contributed by atoms with E-state index in [0.717, 1.165) is 42.5 Å². The van der Waals surface area contributed by atoms with E-state index in [-0.39, 0.29) is 6.61 Å². The van der Waals surface area contributed by atoms with Crippen molar-refractivity contribution in [3.63, 3.8) is 0 Å². The quantitative estimate of drug-likeness (QED) is 0.350. The van der Waals surface area contributed by atoms with Gasteiger partial charge in [0.1, 0.15) is 24.2 Å². The molecule has 4 aromatic rings. The summed E-state index contributed by atoms with van der Waals surface area (Å²) in [4.78, 5) is 5.57. The van der Waals surface area contributed by atoms with E-state index in [2.05, 4.69) is 26.1 Å². The molecule has 0 aliphatic carbocycles. The molecule has 9 heteroatoms. The number of β-amino-alcohol motifs (C(OH)–C–C–N with tert-alkyl or cyclic N) is 1. The monoisotopic (exact) mass is 500 g/mol. The van der Waals surface area contributed by atoms with Crippen LogP contribution in [0.4, 0.5) is 0 Å². The zero-order chi connectivity index (χ0) is 23.7. The van der Waals surface area contributed by atoms with Gasteiger partial charge in [0.15, 0.2) is 0 Å². The van der Waals surface area contributed by atoms with Gasteiger partial charge in [-0.25, -0.2) is 0 Å². The molecule has 2 aromatic carbocycles. The molecule has 3 heterocycles. The number of halogens is 2. The number of aliphatic hydroxyl groups excluding tert-OH is 1. The normalized spacial score (nSPS) is 16.2. The second-order valence-electron chi connectivity index (χ2n) is 8.74. The fraction of sp³-hybridized carbons (Fsp3) is 0.360. The topological polar surface area (TPSA) is 87.4 Å². The summed E-state index contributed by atoms with van der Waals surface area (Å²) in [6.07, 6.45) is 1.45. The molecule has 34 heavy (non-hydrogen) atoms. The van der Waals surface area contributed by atoms with Crippen LogP contribution in [-0.4, -0.2) is 57.5 Å². The Morgan fingerprint density at radius 3 is 2.71 bits per heavy atom. The molecule has 1 fully saturated rings. The van der Waals surface area contributed by atoms with Crippen LogP contribution in [0.15, 0.2) is 46.9 Å². The highest BCUT2D eigenvalue weighted by atomic mass is 35.5. The smallest absolute Gasteiger partial charge is 0.264 e. The van der Waals surface area contributed by atoms with Crippen LogP contribution in [0, 0.1) is 6.92 Å². The van der Waals surface area contributed by atoms with Crippen molar-refractivity contribution in [1.82, 2.24) is 20.1 Å². The van der Waals surface area contributed by atoms with E-state index in [1.807, 2.05) is 36.4 Å². The molecular formula is C25H26Cl2N4O3. The summed E-state index contributed by atoms with van der Waals surface area (Å²) in [7, 11) is 0. The lowest BCUT2D eigenvalue weighted by atomic mass is 9.89. The number of H-pyrrole nitrogens is 1. The predicted molar refractivity (Wildman–Crippen MR) is 133 cm³/mol. The molecule has 0 radical (unpaired) electrons. The first kappa shape index (κ1) is 23.2. The molecule has 2 aromatic heterocycles. The molecule has 1 aliphatic rings. The van der Waals surface area contributed by atoms with Crippen molar-refractivity contribution in [3.05, 3.63) is 64.0 Å². The highest BCUT2D eigenvalue weighted by molar-refractivity contribution is 6.42. The third kappa shape index (κ3) is 5.08. The van der Waals surface area contributed by atoms with Gasteiger partial charge < -0.3 is 24.1 Å². The predicted octanol–water partition coefficient (Wildman–Crippen LogP) is 5.45. The number of hydrogen-bond acceptors (Lipinski definition) is 6. The van der Waals surface area contributed by atoms with Crippen molar-refractivity contribution in [2.75, 3.05) is 26.2 Å². The van der Waals surface area contributed by atoms with Gasteiger partial charge in [-0.05, 0) is 67.7 Å². The van der Waals surface area contributed by atoms with Crippen molar-refractivity contribution >= 4 is 34.1 Å². The molecule has 1 atom stereocenters. The Balaban J connectivity index is 1.16. The third-order valence-corrected chi connectivity index (χ3v) is 7.02. The molecule has 0 saturated carbocycles. The summed E-state index contributed by atoms with van der Waals surface area (Å²) in [5.41, 5.74) is 2.87. The van der Waals surface area contributed by atoms with Gasteiger partial charge in [0.05, 0.1) is 10.0 Å². The molecule has 5 rings (SSSR count). The van der Waals surface area contributed by atoms with Crippen molar-refractivity contribution in [3.8, 4) is 17.3 Å². The highest BCUT2D eigenvalue weighted by Gasteiger charge is 2.23. The lowest BCUT2D eigenvalue weighted by Crippen LogP contribution is -2.40. The van der Waals surface area contributed by atoms with Gasteiger partial charge in [-0.15, -0.1) is 10.2 Å². The number of aromatic nitrogens is 3. The maximum atomic E-state index is 10.6. The Bertz CT molecular complexity index is 1280. The number of aliphatic hydroxyl groups is 1. The average Bonchev–Trinajstić information content (AvgIpc) is 3.46. The number of nitrogens with zero attached hydrogens (tertiary/aromatic N) is 3. The van der Waals surface area contributed by atoms with Crippen LogP contribution in [-0.2, 0) is 0 Å². The average molecular weight is 501 g/mol. The molecule has 7 nitrogen and oxygen atoms in total. The largest absolute Gasteiger partial charge is 0.490 e. The number of rotatable bonds is 7. The van der Waals surface area contributed by atoms with Crippen LogP contribution >= 0.6 is 23.2 Å². The fourth-order valence-corrected chi connectivity index (χ4v) is 4.83. The molecule has 2 N–H and O–H groups in total. The van der Waals surface area contributed by atoms with E-state index in [0.29, 0.717) is 40.0 Å². The molecule has 1 unspecified atom stereocenters. The van der Waals surface area contributed by atoms with Gasteiger partial charge in [-0.3, -0.25) is 0 Å². The number of likely N-dealkylation sites (tertiary alicyclic amines) is 1. The van der Waals surface area contributed by atoms with E-state index < -0.39 is 6.10 Å². The van der Waals surface area contributed by atoms with E-state index in [4.69, 9.17) is 32.4 Å². The number of benzene rings is 2. The minimum atomic E-state index is -0.589. The Hall–Kier alpha value is -2.58. The number of aromatic amines is 1. The standard InChI is InChI=1S/C25H26Cl2N4O3/c1-15-29-30-25(34-15)23-12-19-22(28-23)3-2-4-24(19)33-14-18(32)13-31-9-7-16(8-10-31)17-5-6-20(26)21(27)11-17/h2-6,11-12,16,18,28,32H,7-10,13-14H2,1H3. The van der Waals surface area contributed by atoms with Crippen LogP contribution in [0.5, 0.6) is 5.75 Å². The molecule has 1 saturated heterocycles. The molecule has 0 amide bonds. The molecular weight excluding hydrogens is 475 g/mol. The molecule has 1 aliphatic heterocycles. The number of piperidine rings is 1. The van der Waals surface area contributed by atoms with Gasteiger partial charge in [0.2, 0.25) is 5.89 Å². The lowest BCUT2D eigenvalue weighted by molar-refractivity contribution is 0.0599. The molecule has 178 valence electrons. The van der Waals surface area contributed by atoms with Gasteiger partial charge in [-0.1, -0.05) is 35.3 Å². The SMILES string of the molecule is Cc1nnc(-c2cc3c(OCC(O)CN4CCC(c5ccc(Cl)c(Cl)c5)CC4)cccc3[nH]2)o1. The van der Waals surface area contributed by atoms with E-state index in [1.54, 1.807) is 6.92 Å². The number of hydrogen-bond donors (Lipinski definition) is 2. The van der Waals surface area contributed by atoms with Crippen LogP contribution in [0.1, 0.15) is 30.2 Å². The fourth-order valence-electron chi connectivity index (χ4n) is 4.53. The zero-order valence-electron chi connectivity index (χ0n) is 18.8. The summed E-state index contributed by atoms with van der Waals surface area (Å²) in [6, 6.07) is 13.6. The van der Waals surface area contributed by atoms with Crippen molar-refractivity contribution in [1.29, 1.82) is 0 Å². The summed E-state index contributed by atoms with van der Waals surface area (Å²) >= 11 is 12.2. The number of aryl methyl sites for hydroxylation is 1. The summed E-state index contributed by atoms with van der Waals surface area (Å²) in [5, 5.41) is 20.7. The van der Waals surface area contributed by atoms with Gasteiger partial charge in [0, 0.05) is 24.4 Å². The first-order chi connectivity index (χ1) is 16.5. The molecule has 0 spiro atoms. The third-order valence-electron chi connectivity index (χ3n) is 6.28. The van der Waals surface area contributed by atoms with Gasteiger partial charge in [-0.2, -0.15) is 0 Å². The van der Waals surface area contributed by atoms with E-state index in [1.165, 1.54) is 5.56 Å². The van der Waals surface area contributed by atoms with Gasteiger partial charge >= 0.3 is 0 Å². The summed E-state index contributed by atoms with van der Waals surface area (Å²) in [5.74, 6) is 2.11. The first-order valence-electron chi connectivity index (χ1n) is 11.4. The number of nitrogens with one attached hydrogen (secondary N) is 1. The first-order valence-corrected chi connectivity index (χ1v) is 12.1.